The molecule has 2 aliphatic heterocycles. The Bertz CT molecular complexity index is 416. The molecule has 126 valence electrons. The van der Waals surface area contributed by atoms with E-state index >= 15 is 0 Å². The summed E-state index contributed by atoms with van der Waals surface area (Å²) in [5.74, 6) is -0.614. The molecule has 2 aliphatic rings. The van der Waals surface area contributed by atoms with E-state index in [0.29, 0.717) is 39.1 Å². The van der Waals surface area contributed by atoms with Crippen LogP contribution in [0.3, 0.4) is 0 Å². The molecule has 2 amide bonds. The zero-order valence-corrected chi connectivity index (χ0v) is 13.8. The molecule has 2 rings (SSSR count). The van der Waals surface area contributed by atoms with Crippen LogP contribution in [0.25, 0.3) is 0 Å². The minimum Gasteiger partial charge on any atom is -0.444 e. The fraction of sp³-hybridized carbons (Fsp3) is 0.867. The highest BCUT2D eigenvalue weighted by molar-refractivity contribution is 5.85. The predicted octanol–water partition coefficient (Wildman–Crippen LogP) is 1.27. The monoisotopic (exact) mass is 314 g/mol. The number of ether oxygens (including phenoxy) is 3. The number of hydrogen-bond acceptors (Lipinski definition) is 5. The van der Waals surface area contributed by atoms with Crippen LogP contribution in [0.15, 0.2) is 0 Å². The van der Waals surface area contributed by atoms with Gasteiger partial charge in [-0.3, -0.25) is 4.79 Å². The molecule has 1 spiro atoms. The number of carbonyl (C=O) groups excluding carboxylic acids is 2. The Balaban J connectivity index is 1.80. The molecule has 0 aromatic rings. The normalized spacial score (nSPS) is 22.5. The molecule has 1 atom stereocenters. The third-order valence-corrected chi connectivity index (χ3v) is 3.75. The molecule has 0 aliphatic carbocycles. The summed E-state index contributed by atoms with van der Waals surface area (Å²) in [6.07, 6.45) is 0.750. The lowest BCUT2D eigenvalue weighted by Crippen LogP contribution is -2.53. The number of carbonyl (C=O) groups is 2. The average molecular weight is 314 g/mol. The summed E-state index contributed by atoms with van der Waals surface area (Å²) in [7, 11) is 0. The van der Waals surface area contributed by atoms with Crippen molar-refractivity contribution in [2.24, 2.45) is 0 Å². The number of amides is 2. The Morgan fingerprint density at radius 1 is 1.18 bits per heavy atom. The number of rotatable bonds is 2. The minimum atomic E-state index is -0.616. The molecule has 0 aromatic heterocycles. The van der Waals surface area contributed by atoms with E-state index in [1.165, 1.54) is 0 Å². The van der Waals surface area contributed by atoms with Gasteiger partial charge in [-0.05, 0) is 27.7 Å². The van der Waals surface area contributed by atoms with Gasteiger partial charge in [-0.1, -0.05) is 0 Å². The smallest absolute Gasteiger partial charge is 0.408 e. The number of likely N-dealkylation sites (tertiary alicyclic amines) is 1. The third kappa shape index (κ3) is 4.33. The number of piperidine rings is 1. The second-order valence-electron chi connectivity index (χ2n) is 6.80. The van der Waals surface area contributed by atoms with Crippen LogP contribution in [0.5, 0.6) is 0 Å². The zero-order chi connectivity index (χ0) is 16.4. The van der Waals surface area contributed by atoms with E-state index < -0.39 is 23.5 Å². The Kier molecular flexibility index (Phi) is 4.97. The number of alkyl carbamates (subject to hydrolysis) is 1. The van der Waals surface area contributed by atoms with Crippen LogP contribution in [-0.4, -0.2) is 60.6 Å². The van der Waals surface area contributed by atoms with E-state index in [2.05, 4.69) is 5.32 Å². The van der Waals surface area contributed by atoms with Crippen LogP contribution in [-0.2, 0) is 19.0 Å². The standard InChI is InChI=1S/C15H26N2O5/c1-11(16-13(19)22-14(2,3)4)12(18)17-7-5-15(6-8-17)20-9-10-21-15/h11H,5-10H2,1-4H3,(H,16,19)/t11-/m0/s1. The van der Waals surface area contributed by atoms with Gasteiger partial charge in [0.2, 0.25) is 5.91 Å². The predicted molar refractivity (Wildman–Crippen MR) is 79.3 cm³/mol. The largest absolute Gasteiger partial charge is 0.444 e. The lowest BCUT2D eigenvalue weighted by molar-refractivity contribution is -0.187. The van der Waals surface area contributed by atoms with Crippen LogP contribution in [0, 0.1) is 0 Å². The topological polar surface area (TPSA) is 77.1 Å². The van der Waals surface area contributed by atoms with Crippen molar-refractivity contribution < 1.29 is 23.8 Å². The van der Waals surface area contributed by atoms with E-state index in [4.69, 9.17) is 14.2 Å². The molecular weight excluding hydrogens is 288 g/mol. The number of nitrogens with one attached hydrogen (secondary N) is 1. The molecule has 0 aromatic carbocycles. The van der Waals surface area contributed by atoms with Gasteiger partial charge in [-0.2, -0.15) is 0 Å². The molecule has 1 N–H and O–H groups in total. The molecule has 7 nitrogen and oxygen atoms in total. The van der Waals surface area contributed by atoms with Gasteiger partial charge in [0.1, 0.15) is 11.6 Å². The van der Waals surface area contributed by atoms with Gasteiger partial charge in [0.05, 0.1) is 13.2 Å². The first kappa shape index (κ1) is 17.0. The van der Waals surface area contributed by atoms with E-state index in [-0.39, 0.29) is 5.91 Å². The highest BCUT2D eigenvalue weighted by atomic mass is 16.7. The van der Waals surface area contributed by atoms with Crippen molar-refractivity contribution in [3.8, 4) is 0 Å². The van der Waals surface area contributed by atoms with E-state index in [1.807, 2.05) is 0 Å². The Morgan fingerprint density at radius 2 is 1.73 bits per heavy atom. The second-order valence-corrected chi connectivity index (χ2v) is 6.80. The lowest BCUT2D eigenvalue weighted by Gasteiger charge is -2.38. The van der Waals surface area contributed by atoms with Gasteiger partial charge in [0, 0.05) is 25.9 Å². The Morgan fingerprint density at radius 3 is 2.23 bits per heavy atom. The first-order valence-electron chi connectivity index (χ1n) is 7.77. The fourth-order valence-corrected chi connectivity index (χ4v) is 2.67. The molecule has 7 heteroatoms. The van der Waals surface area contributed by atoms with Crippen LogP contribution >= 0.6 is 0 Å². The third-order valence-electron chi connectivity index (χ3n) is 3.75. The van der Waals surface area contributed by atoms with Crippen molar-refractivity contribution in [3.63, 3.8) is 0 Å². The van der Waals surface area contributed by atoms with Crippen molar-refractivity contribution >= 4 is 12.0 Å². The highest BCUT2D eigenvalue weighted by Crippen LogP contribution is 2.31. The van der Waals surface area contributed by atoms with Crippen molar-refractivity contribution in [2.75, 3.05) is 26.3 Å². The maximum absolute atomic E-state index is 12.4. The van der Waals surface area contributed by atoms with Crippen LogP contribution in [0.1, 0.15) is 40.5 Å². The van der Waals surface area contributed by atoms with Crippen LogP contribution < -0.4 is 5.32 Å². The summed E-state index contributed by atoms with van der Waals surface area (Å²) < 4.78 is 16.4. The maximum Gasteiger partial charge on any atom is 0.408 e. The van der Waals surface area contributed by atoms with Crippen molar-refractivity contribution in [1.82, 2.24) is 10.2 Å². The van der Waals surface area contributed by atoms with E-state index in [9.17, 15) is 9.59 Å². The first-order chi connectivity index (χ1) is 10.2. The first-order valence-corrected chi connectivity index (χ1v) is 7.77. The second kappa shape index (κ2) is 6.42. The summed E-state index contributed by atoms with van der Waals surface area (Å²) in [5.41, 5.74) is -0.582. The summed E-state index contributed by atoms with van der Waals surface area (Å²) in [4.78, 5) is 25.8. The molecule has 0 bridgehead atoms. The van der Waals surface area contributed by atoms with Gasteiger partial charge in [0.15, 0.2) is 5.79 Å². The van der Waals surface area contributed by atoms with Crippen LogP contribution in [0.2, 0.25) is 0 Å². The fourth-order valence-electron chi connectivity index (χ4n) is 2.67. The summed E-state index contributed by atoms with van der Waals surface area (Å²) in [6.45, 7) is 9.38. The summed E-state index contributed by atoms with van der Waals surface area (Å²) >= 11 is 0. The number of nitrogens with zero attached hydrogens (tertiary/aromatic N) is 1. The quantitative estimate of drug-likeness (QED) is 0.830. The lowest BCUT2D eigenvalue weighted by atomic mass is 10.0. The van der Waals surface area contributed by atoms with E-state index in [0.717, 1.165) is 0 Å². The zero-order valence-electron chi connectivity index (χ0n) is 13.8. The molecule has 22 heavy (non-hydrogen) atoms. The van der Waals surface area contributed by atoms with Crippen molar-refractivity contribution in [1.29, 1.82) is 0 Å². The number of hydrogen-bond donors (Lipinski definition) is 1. The summed E-state index contributed by atoms with van der Waals surface area (Å²) in [6, 6.07) is -0.616. The average Bonchev–Trinajstić information content (AvgIpc) is 2.85. The molecule has 2 fully saturated rings. The summed E-state index contributed by atoms with van der Waals surface area (Å²) in [5, 5.41) is 2.58. The van der Waals surface area contributed by atoms with Gasteiger partial charge in [0.25, 0.3) is 0 Å². The molecule has 0 saturated carbocycles. The Hall–Kier alpha value is -1.34. The Labute approximate surface area is 131 Å². The minimum absolute atomic E-state index is 0.112. The highest BCUT2D eigenvalue weighted by Gasteiger charge is 2.41. The van der Waals surface area contributed by atoms with E-state index in [1.54, 1.807) is 32.6 Å². The molecule has 0 radical (unpaired) electrons. The van der Waals surface area contributed by atoms with Crippen LogP contribution in [0.4, 0.5) is 4.79 Å². The van der Waals surface area contributed by atoms with Gasteiger partial charge >= 0.3 is 6.09 Å². The molecule has 2 saturated heterocycles. The maximum atomic E-state index is 12.4. The molecule has 0 unspecified atom stereocenters. The van der Waals surface area contributed by atoms with Crippen molar-refractivity contribution in [2.45, 2.75) is 58.0 Å². The van der Waals surface area contributed by atoms with Gasteiger partial charge in [-0.15, -0.1) is 0 Å². The van der Waals surface area contributed by atoms with Gasteiger partial charge < -0.3 is 24.4 Å². The molecule has 2 heterocycles. The van der Waals surface area contributed by atoms with Crippen molar-refractivity contribution in [3.05, 3.63) is 0 Å². The SMILES string of the molecule is C[C@H](NC(=O)OC(C)(C)C)C(=O)N1CCC2(CC1)OCCO2. The molecular formula is C15H26N2O5. The van der Waals surface area contributed by atoms with Gasteiger partial charge in [-0.25, -0.2) is 4.79 Å².